The Bertz CT molecular complexity index is 394. The van der Waals surface area contributed by atoms with Gasteiger partial charge in [-0.3, -0.25) is 0 Å². The van der Waals surface area contributed by atoms with Crippen LogP contribution in [0.3, 0.4) is 0 Å². The number of thiophene rings is 1. The number of rotatable bonds is 14. The molecular formula is C20H32OS. The Morgan fingerprint density at radius 1 is 0.909 bits per heavy atom. The van der Waals surface area contributed by atoms with E-state index in [2.05, 4.69) is 25.5 Å². The van der Waals surface area contributed by atoms with Crippen molar-refractivity contribution in [3.05, 3.63) is 29.0 Å². The molecule has 0 aliphatic rings. The van der Waals surface area contributed by atoms with Crippen molar-refractivity contribution in [3.63, 3.8) is 0 Å². The number of ether oxygens (including phenoxy) is 1. The standard InChI is InChI=1S/C20H32OS/c1-4-7-8-9-10-11-12-13-14-15-16-21-20-18(5-2)17-22-19(20)6-3/h5-6,17H,2-4,7-16H2,1H3. The van der Waals surface area contributed by atoms with Gasteiger partial charge < -0.3 is 4.74 Å². The van der Waals surface area contributed by atoms with Crippen molar-refractivity contribution >= 4 is 23.5 Å². The van der Waals surface area contributed by atoms with Gasteiger partial charge in [-0.2, -0.15) is 0 Å². The van der Waals surface area contributed by atoms with Crippen molar-refractivity contribution in [1.29, 1.82) is 0 Å². The van der Waals surface area contributed by atoms with E-state index in [0.29, 0.717) is 0 Å². The zero-order valence-corrected chi connectivity index (χ0v) is 15.1. The Hall–Kier alpha value is -1.02. The van der Waals surface area contributed by atoms with Crippen molar-refractivity contribution in [2.45, 2.75) is 71.1 Å². The first kappa shape index (κ1) is 19.0. The minimum absolute atomic E-state index is 0.801. The van der Waals surface area contributed by atoms with Gasteiger partial charge >= 0.3 is 0 Å². The van der Waals surface area contributed by atoms with Crippen molar-refractivity contribution < 1.29 is 4.74 Å². The lowest BCUT2D eigenvalue weighted by atomic mass is 10.1. The van der Waals surface area contributed by atoms with Crippen molar-refractivity contribution in [1.82, 2.24) is 0 Å². The van der Waals surface area contributed by atoms with Gasteiger partial charge in [0.25, 0.3) is 0 Å². The lowest BCUT2D eigenvalue weighted by Gasteiger charge is -2.07. The molecule has 0 aliphatic heterocycles. The average Bonchev–Trinajstić information content (AvgIpc) is 2.94. The van der Waals surface area contributed by atoms with E-state index in [1.807, 2.05) is 12.2 Å². The number of unbranched alkanes of at least 4 members (excludes halogenated alkanes) is 9. The fourth-order valence-corrected chi connectivity index (χ4v) is 3.41. The van der Waals surface area contributed by atoms with Crippen molar-refractivity contribution in [2.24, 2.45) is 0 Å². The van der Waals surface area contributed by atoms with Gasteiger partial charge in [0.2, 0.25) is 0 Å². The molecule has 1 aromatic rings. The Morgan fingerprint density at radius 3 is 2.05 bits per heavy atom. The molecule has 0 aliphatic carbocycles. The molecule has 1 rings (SSSR count). The van der Waals surface area contributed by atoms with Crippen LogP contribution in [0.15, 0.2) is 18.5 Å². The summed E-state index contributed by atoms with van der Waals surface area (Å²) in [4.78, 5) is 1.11. The molecule has 0 fully saturated rings. The predicted octanol–water partition coefficient (Wildman–Crippen LogP) is 7.33. The third-order valence-electron chi connectivity index (χ3n) is 3.95. The maximum atomic E-state index is 5.93. The first-order valence-corrected chi connectivity index (χ1v) is 9.70. The molecule has 0 atom stereocenters. The fraction of sp³-hybridized carbons (Fsp3) is 0.600. The molecule has 0 spiro atoms. The first-order chi connectivity index (χ1) is 10.8. The first-order valence-electron chi connectivity index (χ1n) is 8.82. The van der Waals surface area contributed by atoms with Crippen LogP contribution in [0.2, 0.25) is 0 Å². The van der Waals surface area contributed by atoms with Crippen LogP contribution in [0.25, 0.3) is 12.2 Å². The Morgan fingerprint density at radius 2 is 1.50 bits per heavy atom. The van der Waals surface area contributed by atoms with Crippen LogP contribution in [0, 0.1) is 0 Å². The summed E-state index contributed by atoms with van der Waals surface area (Å²) in [7, 11) is 0. The summed E-state index contributed by atoms with van der Waals surface area (Å²) >= 11 is 1.67. The van der Waals surface area contributed by atoms with Gasteiger partial charge in [-0.05, 0) is 12.5 Å². The Balaban J connectivity index is 2.03. The summed E-state index contributed by atoms with van der Waals surface area (Å²) in [6, 6.07) is 0. The van der Waals surface area contributed by atoms with Crippen molar-refractivity contribution in [3.8, 4) is 5.75 Å². The van der Waals surface area contributed by atoms with Crippen LogP contribution in [-0.4, -0.2) is 6.61 Å². The topological polar surface area (TPSA) is 9.23 Å². The molecule has 1 aromatic heterocycles. The average molecular weight is 321 g/mol. The van der Waals surface area contributed by atoms with Gasteiger partial charge in [-0.25, -0.2) is 0 Å². The lowest BCUT2D eigenvalue weighted by Crippen LogP contribution is -1.98. The second kappa shape index (κ2) is 12.5. The molecule has 0 saturated carbocycles. The maximum absolute atomic E-state index is 5.93. The summed E-state index contributed by atoms with van der Waals surface area (Å²) in [6.45, 7) is 10.7. The van der Waals surface area contributed by atoms with E-state index in [1.54, 1.807) is 11.3 Å². The summed E-state index contributed by atoms with van der Waals surface area (Å²) < 4.78 is 5.93. The molecule has 22 heavy (non-hydrogen) atoms. The zero-order valence-electron chi connectivity index (χ0n) is 14.2. The third kappa shape index (κ3) is 7.31. The predicted molar refractivity (Wildman–Crippen MR) is 102 cm³/mol. The Labute approximate surface area is 141 Å². The highest BCUT2D eigenvalue weighted by molar-refractivity contribution is 7.11. The molecular weight excluding hydrogens is 288 g/mol. The monoisotopic (exact) mass is 320 g/mol. The van der Waals surface area contributed by atoms with E-state index in [9.17, 15) is 0 Å². The van der Waals surface area contributed by atoms with Gasteiger partial charge in [0.05, 0.1) is 11.5 Å². The highest BCUT2D eigenvalue weighted by Gasteiger charge is 2.08. The van der Waals surface area contributed by atoms with Gasteiger partial charge in [-0.15, -0.1) is 11.3 Å². The molecule has 1 heterocycles. The van der Waals surface area contributed by atoms with E-state index in [4.69, 9.17) is 4.74 Å². The van der Waals surface area contributed by atoms with Gasteiger partial charge in [-0.1, -0.05) is 83.9 Å². The SMILES string of the molecule is C=Cc1csc(C=C)c1OCCCCCCCCCCCC. The minimum Gasteiger partial charge on any atom is -0.491 e. The molecule has 0 aromatic carbocycles. The molecule has 2 heteroatoms. The second-order valence-corrected chi connectivity index (χ2v) is 6.73. The fourth-order valence-electron chi connectivity index (χ4n) is 2.58. The lowest BCUT2D eigenvalue weighted by molar-refractivity contribution is 0.304. The summed E-state index contributed by atoms with van der Waals surface area (Å²) in [5, 5.41) is 2.08. The van der Waals surface area contributed by atoms with Crippen molar-refractivity contribution in [2.75, 3.05) is 6.61 Å². The third-order valence-corrected chi connectivity index (χ3v) is 4.93. The van der Waals surface area contributed by atoms with E-state index in [-0.39, 0.29) is 0 Å². The minimum atomic E-state index is 0.801. The van der Waals surface area contributed by atoms with Crippen LogP contribution in [-0.2, 0) is 0 Å². The largest absolute Gasteiger partial charge is 0.491 e. The molecule has 0 N–H and O–H groups in total. The summed E-state index contributed by atoms with van der Waals surface area (Å²) in [5.74, 6) is 0.964. The van der Waals surface area contributed by atoms with Crippen LogP contribution in [0.5, 0.6) is 5.75 Å². The molecule has 0 saturated heterocycles. The summed E-state index contributed by atoms with van der Waals surface area (Å²) in [5.41, 5.74) is 1.09. The van der Waals surface area contributed by atoms with Gasteiger partial charge in [0.1, 0.15) is 5.75 Å². The van der Waals surface area contributed by atoms with Crippen LogP contribution >= 0.6 is 11.3 Å². The quantitative estimate of drug-likeness (QED) is 0.326. The Kier molecular flexibility index (Phi) is 10.8. The zero-order chi connectivity index (χ0) is 16.0. The van der Waals surface area contributed by atoms with E-state index < -0.39 is 0 Å². The number of hydrogen-bond acceptors (Lipinski definition) is 2. The van der Waals surface area contributed by atoms with Gasteiger partial charge in [0, 0.05) is 10.9 Å². The summed E-state index contributed by atoms with van der Waals surface area (Å²) in [6.07, 6.45) is 17.2. The molecule has 0 radical (unpaired) electrons. The maximum Gasteiger partial charge on any atom is 0.144 e. The molecule has 0 unspecified atom stereocenters. The van der Waals surface area contributed by atoms with Crippen LogP contribution < -0.4 is 4.74 Å². The normalized spacial score (nSPS) is 10.6. The van der Waals surface area contributed by atoms with E-state index in [0.717, 1.165) is 29.2 Å². The van der Waals surface area contributed by atoms with E-state index in [1.165, 1.54) is 57.8 Å². The molecule has 0 bridgehead atoms. The van der Waals surface area contributed by atoms with Crippen LogP contribution in [0.1, 0.15) is 81.6 Å². The molecule has 0 amide bonds. The molecule has 1 nitrogen and oxygen atoms in total. The highest BCUT2D eigenvalue weighted by Crippen LogP contribution is 2.32. The van der Waals surface area contributed by atoms with Crippen LogP contribution in [0.4, 0.5) is 0 Å². The number of hydrogen-bond donors (Lipinski definition) is 0. The second-order valence-electron chi connectivity index (χ2n) is 5.82. The smallest absolute Gasteiger partial charge is 0.144 e. The molecule has 124 valence electrons. The highest BCUT2D eigenvalue weighted by atomic mass is 32.1. The van der Waals surface area contributed by atoms with E-state index >= 15 is 0 Å². The van der Waals surface area contributed by atoms with Gasteiger partial charge in [0.15, 0.2) is 0 Å².